The topological polar surface area (TPSA) is 80.8 Å². The molecule has 0 radical (unpaired) electrons. The Morgan fingerprint density at radius 3 is 2.30 bits per heavy atom. The van der Waals surface area contributed by atoms with Crippen LogP contribution in [0, 0.1) is 0 Å². The highest BCUT2D eigenvalue weighted by Gasteiger charge is 2.40. The van der Waals surface area contributed by atoms with Crippen molar-refractivity contribution >= 4 is 33.4 Å². The number of rotatable bonds is 5. The largest absolute Gasteiger partial charge is 0.425 e. The molecular weight excluding hydrogens is 390 g/mol. The molecule has 0 aromatic heterocycles. The van der Waals surface area contributed by atoms with Gasteiger partial charge in [-0.2, -0.15) is 4.31 Å². The highest BCUT2D eigenvalue weighted by Crippen LogP contribution is 2.28. The Hall–Kier alpha value is -2.22. The van der Waals surface area contributed by atoms with E-state index in [1.54, 1.807) is 12.1 Å². The average molecular weight is 408 g/mol. The molecule has 1 atom stereocenters. The molecule has 0 spiro atoms. The molecule has 0 aliphatic carbocycles. The van der Waals surface area contributed by atoms with E-state index in [1.807, 2.05) is 0 Å². The lowest BCUT2D eigenvalue weighted by Crippen LogP contribution is -2.42. The lowest BCUT2D eigenvalue weighted by molar-refractivity contribution is -0.137. The third-order valence-corrected chi connectivity index (χ3v) is 6.55. The van der Waals surface area contributed by atoms with Gasteiger partial charge >= 0.3 is 5.97 Å². The van der Waals surface area contributed by atoms with E-state index in [0.717, 1.165) is 0 Å². The molecule has 2 aromatic carbocycles. The average Bonchev–Trinajstić information content (AvgIpc) is 3.13. The summed E-state index contributed by atoms with van der Waals surface area (Å²) >= 11 is 5.82. The summed E-state index contributed by atoms with van der Waals surface area (Å²) in [7, 11) is -3.83. The summed E-state index contributed by atoms with van der Waals surface area (Å²) in [6, 6.07) is 11.1. The summed E-state index contributed by atoms with van der Waals surface area (Å²) in [4.78, 5) is 23.9. The van der Waals surface area contributed by atoms with Crippen molar-refractivity contribution in [1.82, 2.24) is 4.31 Å². The number of carbonyl (C=O) groups excluding carboxylic acids is 2. The van der Waals surface area contributed by atoms with Crippen molar-refractivity contribution in [2.24, 2.45) is 0 Å². The summed E-state index contributed by atoms with van der Waals surface area (Å²) in [5.74, 6) is -0.467. The summed E-state index contributed by atoms with van der Waals surface area (Å²) in [5, 5.41) is 0.431. The van der Waals surface area contributed by atoms with Gasteiger partial charge in [-0.1, -0.05) is 11.6 Å². The number of ether oxygens (including phenoxy) is 1. The molecule has 1 saturated heterocycles. The van der Waals surface area contributed by atoms with Gasteiger partial charge in [-0.3, -0.25) is 4.79 Å². The molecule has 6 nitrogen and oxygen atoms in total. The van der Waals surface area contributed by atoms with E-state index < -0.39 is 22.0 Å². The van der Waals surface area contributed by atoms with Crippen LogP contribution in [0.2, 0.25) is 5.02 Å². The zero-order chi connectivity index (χ0) is 19.6. The number of halogens is 1. The van der Waals surface area contributed by atoms with Crippen molar-refractivity contribution in [3.8, 4) is 5.75 Å². The van der Waals surface area contributed by atoms with E-state index in [1.165, 1.54) is 47.6 Å². The molecule has 27 heavy (non-hydrogen) atoms. The fourth-order valence-electron chi connectivity index (χ4n) is 2.95. The maximum Gasteiger partial charge on any atom is 0.329 e. The Bertz CT molecular complexity index is 955. The van der Waals surface area contributed by atoms with E-state index in [2.05, 4.69) is 0 Å². The second-order valence-electron chi connectivity index (χ2n) is 6.23. The molecule has 0 N–H and O–H groups in total. The smallest absolute Gasteiger partial charge is 0.329 e. The number of carbonyl (C=O) groups is 2. The van der Waals surface area contributed by atoms with Gasteiger partial charge in [0, 0.05) is 17.1 Å². The lowest BCUT2D eigenvalue weighted by atomic mass is 10.1. The quantitative estimate of drug-likeness (QED) is 0.431. The molecule has 1 aliphatic heterocycles. The van der Waals surface area contributed by atoms with Crippen LogP contribution in [0.15, 0.2) is 53.4 Å². The van der Waals surface area contributed by atoms with Crippen molar-refractivity contribution < 1.29 is 22.7 Å². The van der Waals surface area contributed by atoms with Crippen molar-refractivity contribution in [3.05, 3.63) is 59.1 Å². The molecule has 1 aliphatic rings. The van der Waals surface area contributed by atoms with Gasteiger partial charge < -0.3 is 4.74 Å². The van der Waals surface area contributed by atoms with E-state index in [4.69, 9.17) is 16.3 Å². The van der Waals surface area contributed by atoms with E-state index in [-0.39, 0.29) is 23.0 Å². The van der Waals surface area contributed by atoms with Gasteiger partial charge in [0.05, 0.1) is 4.90 Å². The number of hydrogen-bond acceptors (Lipinski definition) is 5. The van der Waals surface area contributed by atoms with Gasteiger partial charge in [0.15, 0.2) is 5.78 Å². The summed E-state index contributed by atoms with van der Waals surface area (Å²) in [6.45, 7) is 1.69. The highest BCUT2D eigenvalue weighted by atomic mass is 35.5. The first kappa shape index (κ1) is 19.5. The number of nitrogens with zero attached hydrogens (tertiary/aromatic N) is 1. The highest BCUT2D eigenvalue weighted by molar-refractivity contribution is 7.89. The molecule has 0 saturated carbocycles. The molecular formula is C19H18ClNO5S. The first-order valence-corrected chi connectivity index (χ1v) is 10.2. The second-order valence-corrected chi connectivity index (χ2v) is 8.56. The van der Waals surface area contributed by atoms with Crippen LogP contribution in [0.4, 0.5) is 0 Å². The maximum absolute atomic E-state index is 12.9. The van der Waals surface area contributed by atoms with Gasteiger partial charge in [-0.05, 0) is 68.3 Å². The number of hydrogen-bond donors (Lipinski definition) is 0. The Labute approximate surface area is 162 Å². The maximum atomic E-state index is 12.9. The minimum Gasteiger partial charge on any atom is -0.425 e. The SMILES string of the molecule is CC(=O)c1ccc(OC(=O)[C@@H]2CCCN2S(=O)(=O)c2ccc(Cl)cc2)cc1. The molecule has 0 amide bonds. The predicted molar refractivity (Wildman–Crippen MR) is 100 cm³/mol. The van der Waals surface area contributed by atoms with E-state index in [9.17, 15) is 18.0 Å². The van der Waals surface area contributed by atoms with E-state index in [0.29, 0.717) is 23.4 Å². The van der Waals surface area contributed by atoms with Crippen molar-refractivity contribution in [1.29, 1.82) is 0 Å². The monoisotopic (exact) mass is 407 g/mol. The third-order valence-electron chi connectivity index (χ3n) is 4.38. The number of benzene rings is 2. The zero-order valence-corrected chi connectivity index (χ0v) is 16.2. The molecule has 1 heterocycles. The molecule has 142 valence electrons. The van der Waals surface area contributed by atoms with Crippen LogP contribution in [0.1, 0.15) is 30.1 Å². The molecule has 1 fully saturated rings. The summed E-state index contributed by atoms with van der Waals surface area (Å²) in [5.41, 5.74) is 0.502. The van der Waals surface area contributed by atoms with Crippen LogP contribution >= 0.6 is 11.6 Å². The zero-order valence-electron chi connectivity index (χ0n) is 14.6. The number of ketones is 1. The summed E-state index contributed by atoms with van der Waals surface area (Å²) in [6.07, 6.45) is 0.951. The minimum absolute atomic E-state index is 0.0809. The first-order chi connectivity index (χ1) is 12.8. The Morgan fingerprint density at radius 1 is 1.07 bits per heavy atom. The van der Waals surface area contributed by atoms with Crippen LogP contribution in [0.25, 0.3) is 0 Å². The normalized spacial score (nSPS) is 17.6. The van der Waals surface area contributed by atoms with Crippen molar-refractivity contribution in [2.45, 2.75) is 30.7 Å². The molecule has 0 unspecified atom stereocenters. The van der Waals surface area contributed by atoms with Gasteiger partial charge in [-0.25, -0.2) is 13.2 Å². The van der Waals surface area contributed by atoms with Crippen LogP contribution < -0.4 is 4.74 Å². The van der Waals surface area contributed by atoms with Gasteiger partial charge in [0.2, 0.25) is 10.0 Å². The van der Waals surface area contributed by atoms with Crippen molar-refractivity contribution in [3.63, 3.8) is 0 Å². The number of Topliss-reactive ketones (excluding diaryl/α,β-unsaturated/α-hetero) is 1. The third kappa shape index (κ3) is 4.21. The second kappa shape index (κ2) is 7.80. The van der Waals surface area contributed by atoms with Crippen LogP contribution in [-0.4, -0.2) is 37.1 Å². The fraction of sp³-hybridized carbons (Fsp3) is 0.263. The molecule has 2 aromatic rings. The molecule has 0 bridgehead atoms. The number of esters is 1. The minimum atomic E-state index is -3.83. The van der Waals surface area contributed by atoms with Crippen LogP contribution in [-0.2, 0) is 14.8 Å². The van der Waals surface area contributed by atoms with Crippen molar-refractivity contribution in [2.75, 3.05) is 6.54 Å². The van der Waals surface area contributed by atoms with E-state index >= 15 is 0 Å². The standard InChI is InChI=1S/C19H18ClNO5S/c1-13(22)14-4-8-16(9-5-14)26-19(23)18-3-2-12-21(18)27(24,25)17-10-6-15(20)7-11-17/h4-11,18H,2-3,12H2,1H3/t18-/m0/s1. The van der Waals surface area contributed by atoms with Crippen LogP contribution in [0.3, 0.4) is 0 Å². The Morgan fingerprint density at radius 2 is 1.70 bits per heavy atom. The Kier molecular flexibility index (Phi) is 5.64. The fourth-order valence-corrected chi connectivity index (χ4v) is 4.72. The summed E-state index contributed by atoms with van der Waals surface area (Å²) < 4.78 is 32.2. The van der Waals surface area contributed by atoms with Gasteiger partial charge in [0.1, 0.15) is 11.8 Å². The number of sulfonamides is 1. The Balaban J connectivity index is 1.78. The van der Waals surface area contributed by atoms with Gasteiger partial charge in [-0.15, -0.1) is 0 Å². The molecule has 8 heteroatoms. The van der Waals surface area contributed by atoms with Gasteiger partial charge in [0.25, 0.3) is 0 Å². The first-order valence-electron chi connectivity index (χ1n) is 8.39. The predicted octanol–water partition coefficient (Wildman–Crippen LogP) is 3.30. The molecule has 3 rings (SSSR count). The lowest BCUT2D eigenvalue weighted by Gasteiger charge is -2.22. The van der Waals surface area contributed by atoms with Crippen LogP contribution in [0.5, 0.6) is 5.75 Å².